The lowest BCUT2D eigenvalue weighted by atomic mass is 10.1. The van der Waals surface area contributed by atoms with E-state index in [1.54, 1.807) is 35.6 Å². The van der Waals surface area contributed by atoms with E-state index in [1.807, 2.05) is 42.6 Å². The van der Waals surface area contributed by atoms with Gasteiger partial charge in [-0.2, -0.15) is 5.10 Å². The molecule has 7 heteroatoms. The van der Waals surface area contributed by atoms with Gasteiger partial charge in [-0.1, -0.05) is 12.1 Å². The van der Waals surface area contributed by atoms with Crippen molar-refractivity contribution in [3.8, 4) is 16.8 Å². The maximum absolute atomic E-state index is 12.4. The highest BCUT2D eigenvalue weighted by Gasteiger charge is 2.08. The van der Waals surface area contributed by atoms with E-state index in [-0.39, 0.29) is 5.91 Å². The fourth-order valence-electron chi connectivity index (χ4n) is 2.51. The molecule has 0 aliphatic carbocycles. The highest BCUT2D eigenvalue weighted by Crippen LogP contribution is 2.22. The van der Waals surface area contributed by atoms with Crippen molar-refractivity contribution in [2.24, 2.45) is 0 Å². The van der Waals surface area contributed by atoms with Crippen LogP contribution in [-0.2, 0) is 0 Å². The number of aromatic amines is 1. The fourth-order valence-corrected chi connectivity index (χ4v) is 2.51. The maximum atomic E-state index is 12.4. The lowest BCUT2D eigenvalue weighted by molar-refractivity contribution is 0.102. The van der Waals surface area contributed by atoms with E-state index >= 15 is 0 Å². The van der Waals surface area contributed by atoms with Gasteiger partial charge in [0.2, 0.25) is 0 Å². The lowest BCUT2D eigenvalue weighted by Gasteiger charge is -2.08. The summed E-state index contributed by atoms with van der Waals surface area (Å²) in [6.07, 6.45) is 6.77. The average Bonchev–Trinajstić information content (AvgIpc) is 3.36. The van der Waals surface area contributed by atoms with Gasteiger partial charge in [-0.15, -0.1) is 10.2 Å². The van der Waals surface area contributed by atoms with Crippen molar-refractivity contribution in [2.45, 2.75) is 0 Å². The van der Waals surface area contributed by atoms with Crippen LogP contribution in [0.4, 0.5) is 5.69 Å². The van der Waals surface area contributed by atoms with Gasteiger partial charge in [0.15, 0.2) is 0 Å². The molecule has 2 N–H and O–H groups in total. The fraction of sp³-hybridized carbons (Fsp3) is 0. The minimum absolute atomic E-state index is 0.167. The third-order valence-corrected chi connectivity index (χ3v) is 3.80. The van der Waals surface area contributed by atoms with Crippen molar-refractivity contribution >= 4 is 11.6 Å². The van der Waals surface area contributed by atoms with E-state index in [1.165, 1.54) is 0 Å². The Kier molecular flexibility index (Phi) is 3.80. The third-order valence-electron chi connectivity index (χ3n) is 3.80. The van der Waals surface area contributed by atoms with E-state index < -0.39 is 0 Å². The molecule has 0 unspecified atom stereocenters. The number of hydrogen-bond acceptors (Lipinski definition) is 4. The van der Waals surface area contributed by atoms with Gasteiger partial charge < -0.3 is 5.32 Å². The summed E-state index contributed by atoms with van der Waals surface area (Å²) >= 11 is 0. The first-order valence-electron chi connectivity index (χ1n) is 7.65. The summed E-state index contributed by atoms with van der Waals surface area (Å²) in [5.74, 6) is -0.167. The number of nitrogens with zero attached hydrogens (tertiary/aromatic N) is 4. The number of hydrogen-bond donors (Lipinski definition) is 2. The van der Waals surface area contributed by atoms with Gasteiger partial charge in [-0.25, -0.2) is 0 Å². The molecule has 0 atom stereocenters. The summed E-state index contributed by atoms with van der Waals surface area (Å²) in [5, 5.41) is 17.2. The van der Waals surface area contributed by atoms with E-state index in [9.17, 15) is 4.79 Å². The molecular weight excluding hydrogens is 316 g/mol. The van der Waals surface area contributed by atoms with Crippen LogP contribution in [0.1, 0.15) is 10.4 Å². The molecule has 1 amide bonds. The first-order valence-corrected chi connectivity index (χ1v) is 7.65. The first kappa shape index (κ1) is 14.8. The Bertz CT molecular complexity index is 975. The number of nitrogens with one attached hydrogen (secondary N) is 2. The molecule has 0 radical (unpaired) electrons. The minimum Gasteiger partial charge on any atom is -0.322 e. The normalized spacial score (nSPS) is 10.6. The minimum atomic E-state index is -0.167. The summed E-state index contributed by atoms with van der Waals surface area (Å²) in [7, 11) is 0. The van der Waals surface area contributed by atoms with Crippen molar-refractivity contribution in [3.63, 3.8) is 0 Å². The monoisotopic (exact) mass is 330 g/mol. The van der Waals surface area contributed by atoms with Crippen molar-refractivity contribution in [2.75, 3.05) is 5.32 Å². The van der Waals surface area contributed by atoms with E-state index in [0.29, 0.717) is 5.56 Å². The van der Waals surface area contributed by atoms with Crippen LogP contribution in [-0.4, -0.2) is 30.9 Å². The summed E-state index contributed by atoms with van der Waals surface area (Å²) in [6, 6.07) is 14.9. The predicted molar refractivity (Wildman–Crippen MR) is 93.3 cm³/mol. The van der Waals surface area contributed by atoms with Gasteiger partial charge in [-0.3, -0.25) is 14.5 Å². The molecule has 0 spiro atoms. The molecule has 0 aliphatic rings. The zero-order valence-corrected chi connectivity index (χ0v) is 13.1. The molecule has 2 heterocycles. The molecule has 0 saturated heterocycles. The Labute approximate surface area is 143 Å². The summed E-state index contributed by atoms with van der Waals surface area (Å²) in [4.78, 5) is 12.4. The topological polar surface area (TPSA) is 88.5 Å². The van der Waals surface area contributed by atoms with Crippen LogP contribution in [0.15, 0.2) is 73.6 Å². The number of carbonyl (C=O) groups excluding carboxylic acids is 1. The SMILES string of the molecule is O=C(Nc1cccc(-c2cn[nH]c2)c1)c1ccc(-n2cnnc2)cc1. The third kappa shape index (κ3) is 3.16. The maximum Gasteiger partial charge on any atom is 0.255 e. The molecule has 2 aromatic heterocycles. The highest BCUT2D eigenvalue weighted by atomic mass is 16.1. The molecule has 4 aromatic rings. The molecule has 25 heavy (non-hydrogen) atoms. The molecule has 0 aliphatic heterocycles. The zero-order valence-electron chi connectivity index (χ0n) is 13.1. The van der Waals surface area contributed by atoms with Crippen molar-refractivity contribution < 1.29 is 4.79 Å². The number of rotatable bonds is 4. The molecule has 4 rings (SSSR count). The van der Waals surface area contributed by atoms with Gasteiger partial charge in [0.1, 0.15) is 12.7 Å². The first-order chi connectivity index (χ1) is 12.3. The number of carbonyl (C=O) groups is 1. The molecular formula is C18H14N6O. The van der Waals surface area contributed by atoms with Gasteiger partial charge in [-0.05, 0) is 42.0 Å². The number of amides is 1. The zero-order chi connectivity index (χ0) is 17.1. The smallest absolute Gasteiger partial charge is 0.255 e. The van der Waals surface area contributed by atoms with Gasteiger partial charge in [0, 0.05) is 28.7 Å². The lowest BCUT2D eigenvalue weighted by Crippen LogP contribution is -2.11. The number of anilines is 1. The van der Waals surface area contributed by atoms with Crippen LogP contribution < -0.4 is 5.32 Å². The second kappa shape index (κ2) is 6.40. The van der Waals surface area contributed by atoms with Crippen molar-refractivity contribution in [3.05, 3.63) is 79.1 Å². The number of aromatic nitrogens is 5. The Morgan fingerprint density at radius 3 is 2.52 bits per heavy atom. The molecule has 7 nitrogen and oxygen atoms in total. The highest BCUT2D eigenvalue weighted by molar-refractivity contribution is 6.04. The Hall–Kier alpha value is -3.74. The molecule has 0 saturated carbocycles. The van der Waals surface area contributed by atoms with Crippen LogP contribution >= 0.6 is 0 Å². The second-order valence-electron chi connectivity index (χ2n) is 5.44. The standard InChI is InChI=1S/C18H14N6O/c25-18(13-4-6-17(7-5-13)24-11-21-22-12-24)23-16-3-1-2-14(8-16)15-9-19-20-10-15/h1-12H,(H,19,20)(H,23,25). The van der Waals surface area contributed by atoms with Crippen LogP contribution in [0.25, 0.3) is 16.8 Å². The van der Waals surface area contributed by atoms with E-state index in [4.69, 9.17) is 0 Å². The van der Waals surface area contributed by atoms with Gasteiger partial charge in [0.25, 0.3) is 5.91 Å². The van der Waals surface area contributed by atoms with Crippen molar-refractivity contribution in [1.82, 2.24) is 25.0 Å². The second-order valence-corrected chi connectivity index (χ2v) is 5.44. The molecule has 0 bridgehead atoms. The van der Waals surface area contributed by atoms with Gasteiger partial charge >= 0.3 is 0 Å². The number of H-pyrrole nitrogens is 1. The van der Waals surface area contributed by atoms with E-state index in [2.05, 4.69) is 25.7 Å². The molecule has 0 fully saturated rings. The predicted octanol–water partition coefficient (Wildman–Crippen LogP) is 2.91. The van der Waals surface area contributed by atoms with Crippen LogP contribution in [0, 0.1) is 0 Å². The average molecular weight is 330 g/mol. The quantitative estimate of drug-likeness (QED) is 0.602. The Balaban J connectivity index is 1.51. The van der Waals surface area contributed by atoms with Crippen LogP contribution in [0.3, 0.4) is 0 Å². The van der Waals surface area contributed by atoms with Gasteiger partial charge in [0.05, 0.1) is 6.20 Å². The van der Waals surface area contributed by atoms with Crippen LogP contribution in [0.5, 0.6) is 0 Å². The number of benzene rings is 2. The van der Waals surface area contributed by atoms with E-state index in [0.717, 1.165) is 22.5 Å². The Morgan fingerprint density at radius 1 is 1.00 bits per heavy atom. The molecule has 2 aromatic carbocycles. The summed E-state index contributed by atoms with van der Waals surface area (Å²) in [6.45, 7) is 0. The Morgan fingerprint density at radius 2 is 1.80 bits per heavy atom. The molecule has 122 valence electrons. The summed E-state index contributed by atoms with van der Waals surface area (Å²) in [5.41, 5.74) is 4.14. The largest absolute Gasteiger partial charge is 0.322 e. The summed E-state index contributed by atoms with van der Waals surface area (Å²) < 4.78 is 1.77. The van der Waals surface area contributed by atoms with Crippen LogP contribution in [0.2, 0.25) is 0 Å². The van der Waals surface area contributed by atoms with Crippen molar-refractivity contribution in [1.29, 1.82) is 0 Å².